The van der Waals surface area contributed by atoms with E-state index in [0.29, 0.717) is 26.2 Å². The third-order valence-electron chi connectivity index (χ3n) is 5.91. The van der Waals surface area contributed by atoms with Crippen LogP contribution in [0.2, 0.25) is 0 Å². The van der Waals surface area contributed by atoms with Gasteiger partial charge in [0, 0.05) is 31.6 Å². The van der Waals surface area contributed by atoms with Gasteiger partial charge in [-0.2, -0.15) is 4.57 Å². The van der Waals surface area contributed by atoms with E-state index in [-0.39, 0.29) is 18.5 Å². The first-order valence-electron chi connectivity index (χ1n) is 11.4. The van der Waals surface area contributed by atoms with E-state index >= 15 is 0 Å². The van der Waals surface area contributed by atoms with Gasteiger partial charge in [-0.3, -0.25) is 9.69 Å². The van der Waals surface area contributed by atoms with Gasteiger partial charge in [-0.15, -0.1) is 0 Å². The standard InChI is InChI=1S/C23H38N5O5/c1-21(2,3)18-28(20(31)33-22(4,5)6)23(7,15-32-18)17(29)25-11-13-26(14-12-25)19(30)27-10-9-24(8)16-27/h9-10,16,18H,11-15H2,1-8H3/q+1/t18-,23+/m0/s1. The zero-order valence-electron chi connectivity index (χ0n) is 21.1. The zero-order valence-corrected chi connectivity index (χ0v) is 21.1. The van der Waals surface area contributed by atoms with Crippen LogP contribution in [0.4, 0.5) is 9.59 Å². The third kappa shape index (κ3) is 5.15. The van der Waals surface area contributed by atoms with Crippen LogP contribution in [0.25, 0.3) is 0 Å². The molecule has 1 aromatic heterocycles. The minimum atomic E-state index is -1.19. The second-order valence-corrected chi connectivity index (χ2v) is 11.2. The molecule has 2 fully saturated rings. The molecule has 0 saturated carbocycles. The smallest absolute Gasteiger partial charge is 0.415 e. The first-order valence-corrected chi connectivity index (χ1v) is 11.4. The van der Waals surface area contributed by atoms with Crippen LogP contribution in [0.3, 0.4) is 0 Å². The molecule has 10 heteroatoms. The van der Waals surface area contributed by atoms with E-state index in [1.54, 1.807) is 60.8 Å². The van der Waals surface area contributed by atoms with Crippen LogP contribution in [0.5, 0.6) is 0 Å². The van der Waals surface area contributed by atoms with E-state index in [4.69, 9.17) is 9.47 Å². The lowest BCUT2D eigenvalue weighted by molar-refractivity contribution is -0.670. The van der Waals surface area contributed by atoms with Gasteiger partial charge in [0.25, 0.3) is 12.2 Å². The Labute approximate surface area is 196 Å². The SMILES string of the molecule is C[n+]1ccn(C(=O)N2CCN(C(=O)[C@@]3(C)CO[C@@H](C(C)(C)C)N3C(=O)OC(C)(C)C)CC2)c1. The minimum absolute atomic E-state index is 0.0893. The molecule has 184 valence electrons. The number of imidazole rings is 1. The van der Waals surface area contributed by atoms with Crippen molar-refractivity contribution >= 4 is 18.0 Å². The van der Waals surface area contributed by atoms with Crippen molar-refractivity contribution < 1.29 is 28.4 Å². The van der Waals surface area contributed by atoms with Crippen molar-refractivity contribution in [2.75, 3.05) is 32.8 Å². The molecule has 2 atom stereocenters. The molecule has 2 saturated heterocycles. The number of ether oxygens (including phenoxy) is 2. The normalized spacial score (nSPS) is 24.2. The molecule has 10 nitrogen and oxygen atoms in total. The number of aromatic nitrogens is 2. The van der Waals surface area contributed by atoms with Gasteiger partial charge in [-0.1, -0.05) is 20.8 Å². The highest BCUT2D eigenvalue weighted by Gasteiger charge is 2.57. The number of aryl methyl sites for hydroxylation is 1. The third-order valence-corrected chi connectivity index (χ3v) is 5.91. The molecule has 3 heterocycles. The van der Waals surface area contributed by atoms with Gasteiger partial charge < -0.3 is 19.3 Å². The van der Waals surface area contributed by atoms with Crippen molar-refractivity contribution in [1.29, 1.82) is 0 Å². The Hall–Kier alpha value is -2.62. The quantitative estimate of drug-likeness (QED) is 0.592. The summed E-state index contributed by atoms with van der Waals surface area (Å²) in [7, 11) is 1.85. The van der Waals surface area contributed by atoms with Crippen LogP contribution in [-0.2, 0) is 21.3 Å². The first kappa shape index (κ1) is 25.0. The Balaban J connectivity index is 1.75. The van der Waals surface area contributed by atoms with Crippen LogP contribution in [0.15, 0.2) is 18.7 Å². The molecule has 2 aliphatic heterocycles. The van der Waals surface area contributed by atoms with E-state index in [1.807, 2.05) is 27.8 Å². The molecule has 0 N–H and O–H groups in total. The van der Waals surface area contributed by atoms with E-state index in [2.05, 4.69) is 0 Å². The van der Waals surface area contributed by atoms with Crippen LogP contribution < -0.4 is 4.57 Å². The monoisotopic (exact) mass is 464 g/mol. The first-order chi connectivity index (χ1) is 15.1. The molecular formula is C23H38N5O5+. The summed E-state index contributed by atoms with van der Waals surface area (Å²) >= 11 is 0. The van der Waals surface area contributed by atoms with Gasteiger partial charge >= 0.3 is 12.1 Å². The van der Waals surface area contributed by atoms with Crippen molar-refractivity contribution in [3.8, 4) is 0 Å². The summed E-state index contributed by atoms with van der Waals surface area (Å²) in [5, 5.41) is 0. The summed E-state index contributed by atoms with van der Waals surface area (Å²) in [5.74, 6) is -0.195. The molecule has 3 amide bonds. The summed E-state index contributed by atoms with van der Waals surface area (Å²) in [4.78, 5) is 44.6. The molecule has 33 heavy (non-hydrogen) atoms. The molecule has 0 bridgehead atoms. The van der Waals surface area contributed by atoms with Crippen molar-refractivity contribution in [3.05, 3.63) is 18.7 Å². The molecule has 0 spiro atoms. The summed E-state index contributed by atoms with van der Waals surface area (Å²) in [6, 6.07) is -0.124. The average molecular weight is 465 g/mol. The van der Waals surface area contributed by atoms with Gasteiger partial charge in [-0.05, 0) is 27.7 Å². The topological polar surface area (TPSA) is 88.2 Å². The number of amides is 3. The molecule has 0 aliphatic carbocycles. The van der Waals surface area contributed by atoms with E-state index < -0.39 is 28.9 Å². The summed E-state index contributed by atoms with van der Waals surface area (Å²) in [5.41, 5.74) is -2.30. The Bertz CT molecular complexity index is 907. The van der Waals surface area contributed by atoms with Crippen molar-refractivity contribution in [2.45, 2.75) is 65.8 Å². The average Bonchev–Trinajstić information content (AvgIpc) is 3.29. The second kappa shape index (κ2) is 8.62. The Morgan fingerprint density at radius 2 is 1.61 bits per heavy atom. The number of hydrogen-bond donors (Lipinski definition) is 0. The predicted octanol–water partition coefficient (Wildman–Crippen LogP) is 1.82. The van der Waals surface area contributed by atoms with E-state index in [9.17, 15) is 14.4 Å². The van der Waals surface area contributed by atoms with Gasteiger partial charge in [0.1, 0.15) is 29.8 Å². The van der Waals surface area contributed by atoms with E-state index in [0.717, 1.165) is 0 Å². The molecule has 0 aromatic carbocycles. The maximum atomic E-state index is 13.7. The fraction of sp³-hybridized carbons (Fsp3) is 0.739. The summed E-state index contributed by atoms with van der Waals surface area (Å²) < 4.78 is 15.0. The second-order valence-electron chi connectivity index (χ2n) is 11.2. The summed E-state index contributed by atoms with van der Waals surface area (Å²) in [6.45, 7) is 14.7. The largest absolute Gasteiger partial charge is 0.444 e. The van der Waals surface area contributed by atoms with Crippen LogP contribution in [0.1, 0.15) is 48.5 Å². The molecule has 3 rings (SSSR count). The number of carbonyl (C=O) groups is 3. The number of piperazine rings is 1. The lowest BCUT2D eigenvalue weighted by Crippen LogP contribution is -2.64. The number of nitrogens with zero attached hydrogens (tertiary/aromatic N) is 5. The van der Waals surface area contributed by atoms with Crippen molar-refractivity contribution in [1.82, 2.24) is 19.3 Å². The highest BCUT2D eigenvalue weighted by molar-refractivity contribution is 5.91. The number of hydrogen-bond acceptors (Lipinski definition) is 5. The highest BCUT2D eigenvalue weighted by atomic mass is 16.6. The number of carbonyl (C=O) groups excluding carboxylic acids is 3. The zero-order chi connectivity index (χ0) is 24.8. The fourth-order valence-corrected chi connectivity index (χ4v) is 4.22. The van der Waals surface area contributed by atoms with Gasteiger partial charge in [0.15, 0.2) is 0 Å². The van der Waals surface area contributed by atoms with Gasteiger partial charge in [0.05, 0.1) is 13.7 Å². The van der Waals surface area contributed by atoms with Crippen molar-refractivity contribution in [3.63, 3.8) is 0 Å². The van der Waals surface area contributed by atoms with Crippen LogP contribution in [-0.4, -0.2) is 87.5 Å². The highest BCUT2D eigenvalue weighted by Crippen LogP contribution is 2.39. The van der Waals surface area contributed by atoms with Crippen LogP contribution >= 0.6 is 0 Å². The van der Waals surface area contributed by atoms with E-state index in [1.165, 1.54) is 9.47 Å². The van der Waals surface area contributed by atoms with Gasteiger partial charge in [0.2, 0.25) is 0 Å². The lowest BCUT2D eigenvalue weighted by atomic mass is 9.91. The molecule has 2 aliphatic rings. The molecular weight excluding hydrogens is 426 g/mol. The maximum Gasteiger partial charge on any atom is 0.415 e. The van der Waals surface area contributed by atoms with Crippen molar-refractivity contribution in [2.24, 2.45) is 12.5 Å². The Morgan fingerprint density at radius 1 is 1.03 bits per heavy atom. The predicted molar refractivity (Wildman–Crippen MR) is 120 cm³/mol. The number of rotatable bonds is 1. The Kier molecular flexibility index (Phi) is 6.54. The molecule has 0 unspecified atom stereocenters. The fourth-order valence-electron chi connectivity index (χ4n) is 4.22. The van der Waals surface area contributed by atoms with Gasteiger partial charge in [-0.25, -0.2) is 14.2 Å². The van der Waals surface area contributed by atoms with Crippen LogP contribution in [0, 0.1) is 5.41 Å². The maximum absolute atomic E-state index is 13.7. The molecule has 1 aromatic rings. The minimum Gasteiger partial charge on any atom is -0.444 e. The molecule has 0 radical (unpaired) electrons. The lowest BCUT2D eigenvalue weighted by Gasteiger charge is -2.43. The Morgan fingerprint density at radius 3 is 2.09 bits per heavy atom. The summed E-state index contributed by atoms with van der Waals surface area (Å²) in [6.07, 6.45) is 4.06.